The molecule has 3 nitrogen and oxygen atoms in total. The number of benzene rings is 2. The molecule has 2 saturated heterocycles. The molecular weight excluding hydrogens is 433 g/mol. The van der Waals surface area contributed by atoms with E-state index in [2.05, 4.69) is 51.1 Å². The first-order valence-electron chi connectivity index (χ1n) is 10.8. The summed E-state index contributed by atoms with van der Waals surface area (Å²) in [4.78, 5) is 9.03. The molecule has 158 valence electrons. The monoisotopic (exact) mass is 459 g/mol. The second kappa shape index (κ2) is 9.04. The second-order valence-corrected chi connectivity index (χ2v) is 10.3. The van der Waals surface area contributed by atoms with Crippen LogP contribution >= 0.6 is 35.0 Å². The highest BCUT2D eigenvalue weighted by atomic mass is 35.5. The van der Waals surface area contributed by atoms with Gasteiger partial charge in [-0.2, -0.15) is 0 Å². The fourth-order valence-corrected chi connectivity index (χ4v) is 5.75. The summed E-state index contributed by atoms with van der Waals surface area (Å²) in [5.74, 6) is 1.08. The minimum absolute atomic E-state index is 0.610. The minimum Gasteiger partial charge on any atom is -0.368 e. The van der Waals surface area contributed by atoms with Gasteiger partial charge in [-0.15, -0.1) is 11.8 Å². The molecule has 2 aromatic carbocycles. The SMILES string of the molecule is Clc1ccc(N2CCSC(=Cc3ccccc3N3CCN(C4CC4)CC3)C2)cc1Cl. The zero-order chi connectivity index (χ0) is 20.5. The van der Waals surface area contributed by atoms with Gasteiger partial charge in [0.25, 0.3) is 0 Å². The largest absolute Gasteiger partial charge is 0.368 e. The fourth-order valence-electron chi connectivity index (χ4n) is 4.43. The van der Waals surface area contributed by atoms with Crippen molar-refractivity contribution in [2.45, 2.75) is 18.9 Å². The molecule has 2 aromatic rings. The van der Waals surface area contributed by atoms with Gasteiger partial charge in [0.1, 0.15) is 0 Å². The van der Waals surface area contributed by atoms with E-state index in [0.717, 1.165) is 43.7 Å². The number of anilines is 2. The van der Waals surface area contributed by atoms with Gasteiger partial charge < -0.3 is 9.80 Å². The van der Waals surface area contributed by atoms with Crippen LogP contribution in [0.1, 0.15) is 18.4 Å². The molecule has 0 amide bonds. The predicted molar refractivity (Wildman–Crippen MR) is 132 cm³/mol. The summed E-state index contributed by atoms with van der Waals surface area (Å²) in [6.07, 6.45) is 5.18. The highest BCUT2D eigenvalue weighted by Gasteiger charge is 2.31. The average Bonchev–Trinajstić information content (AvgIpc) is 3.62. The van der Waals surface area contributed by atoms with Gasteiger partial charge in [-0.3, -0.25) is 4.90 Å². The van der Waals surface area contributed by atoms with Gasteiger partial charge in [0.15, 0.2) is 0 Å². The Morgan fingerprint density at radius 2 is 1.67 bits per heavy atom. The third kappa shape index (κ3) is 4.62. The van der Waals surface area contributed by atoms with Gasteiger partial charge in [0.2, 0.25) is 0 Å². The van der Waals surface area contributed by atoms with E-state index in [-0.39, 0.29) is 0 Å². The summed E-state index contributed by atoms with van der Waals surface area (Å²) in [6, 6.07) is 15.7. The van der Waals surface area contributed by atoms with Crippen LogP contribution in [0.5, 0.6) is 0 Å². The van der Waals surface area contributed by atoms with Crippen molar-refractivity contribution in [3.05, 3.63) is 63.0 Å². The van der Waals surface area contributed by atoms with Crippen LogP contribution in [0.4, 0.5) is 11.4 Å². The first-order valence-corrected chi connectivity index (χ1v) is 12.5. The maximum atomic E-state index is 6.25. The van der Waals surface area contributed by atoms with E-state index in [0.29, 0.717) is 10.0 Å². The van der Waals surface area contributed by atoms with Crippen LogP contribution in [0.2, 0.25) is 10.0 Å². The number of thioether (sulfide) groups is 1. The van der Waals surface area contributed by atoms with Crippen molar-refractivity contribution in [1.29, 1.82) is 0 Å². The number of nitrogens with zero attached hydrogens (tertiary/aromatic N) is 3. The summed E-state index contributed by atoms with van der Waals surface area (Å²) in [6.45, 7) is 6.56. The minimum atomic E-state index is 0.610. The third-order valence-electron chi connectivity index (χ3n) is 6.24. The number of hydrogen-bond donors (Lipinski definition) is 0. The zero-order valence-corrected chi connectivity index (χ0v) is 19.4. The van der Waals surface area contributed by atoms with Crippen molar-refractivity contribution < 1.29 is 0 Å². The Labute approximate surface area is 193 Å². The lowest BCUT2D eigenvalue weighted by atomic mass is 10.1. The summed E-state index contributed by atoms with van der Waals surface area (Å²) in [5, 5.41) is 1.23. The number of rotatable bonds is 4. The molecule has 0 aromatic heterocycles. The third-order valence-corrected chi connectivity index (χ3v) is 7.98. The van der Waals surface area contributed by atoms with E-state index in [1.54, 1.807) is 0 Å². The first kappa shape index (κ1) is 20.6. The predicted octanol–water partition coefficient (Wildman–Crippen LogP) is 5.87. The molecule has 2 aliphatic heterocycles. The Balaban J connectivity index is 1.32. The smallest absolute Gasteiger partial charge is 0.0612 e. The number of hydrogen-bond acceptors (Lipinski definition) is 4. The van der Waals surface area contributed by atoms with Crippen molar-refractivity contribution in [2.75, 3.05) is 54.8 Å². The first-order chi connectivity index (χ1) is 14.7. The van der Waals surface area contributed by atoms with Crippen molar-refractivity contribution in [3.63, 3.8) is 0 Å². The molecule has 30 heavy (non-hydrogen) atoms. The van der Waals surface area contributed by atoms with E-state index in [4.69, 9.17) is 23.2 Å². The number of para-hydroxylation sites is 1. The van der Waals surface area contributed by atoms with Crippen LogP contribution in [0.25, 0.3) is 6.08 Å². The molecule has 3 fully saturated rings. The molecule has 0 bridgehead atoms. The van der Waals surface area contributed by atoms with Crippen LogP contribution < -0.4 is 9.80 Å². The maximum absolute atomic E-state index is 6.25. The molecule has 3 aliphatic rings. The van der Waals surface area contributed by atoms with E-state index < -0.39 is 0 Å². The molecule has 6 heteroatoms. The van der Waals surface area contributed by atoms with Crippen molar-refractivity contribution in [3.8, 4) is 0 Å². The maximum Gasteiger partial charge on any atom is 0.0612 e. The molecule has 0 N–H and O–H groups in total. The zero-order valence-electron chi connectivity index (χ0n) is 17.1. The Bertz CT molecular complexity index is 936. The Hall–Kier alpha value is -1.33. The van der Waals surface area contributed by atoms with E-state index >= 15 is 0 Å². The average molecular weight is 460 g/mol. The van der Waals surface area contributed by atoms with Crippen LogP contribution in [0.3, 0.4) is 0 Å². The lowest BCUT2D eigenvalue weighted by Gasteiger charge is -2.37. The number of piperazine rings is 1. The topological polar surface area (TPSA) is 9.72 Å². The molecule has 0 atom stereocenters. The molecule has 2 heterocycles. The summed E-state index contributed by atoms with van der Waals surface area (Å²) >= 11 is 14.3. The van der Waals surface area contributed by atoms with Crippen LogP contribution in [-0.2, 0) is 0 Å². The Kier molecular flexibility index (Phi) is 6.19. The van der Waals surface area contributed by atoms with E-state index in [9.17, 15) is 0 Å². The van der Waals surface area contributed by atoms with E-state index in [1.165, 1.54) is 42.1 Å². The van der Waals surface area contributed by atoms with Gasteiger partial charge in [-0.25, -0.2) is 0 Å². The lowest BCUT2D eigenvalue weighted by molar-refractivity contribution is 0.248. The summed E-state index contributed by atoms with van der Waals surface area (Å²) < 4.78 is 0. The van der Waals surface area contributed by atoms with Gasteiger partial charge in [-0.05, 0) is 48.7 Å². The Morgan fingerprint density at radius 1 is 0.867 bits per heavy atom. The Morgan fingerprint density at radius 3 is 2.43 bits per heavy atom. The summed E-state index contributed by atoms with van der Waals surface area (Å²) in [7, 11) is 0. The summed E-state index contributed by atoms with van der Waals surface area (Å²) in [5.41, 5.74) is 3.84. The lowest BCUT2D eigenvalue weighted by Crippen LogP contribution is -2.47. The van der Waals surface area contributed by atoms with Gasteiger partial charge in [0, 0.05) is 67.3 Å². The van der Waals surface area contributed by atoms with Gasteiger partial charge >= 0.3 is 0 Å². The standard InChI is InChI=1S/C24H27Cl2N3S/c25-22-8-7-20(16-23(22)26)29-13-14-30-21(17-29)15-18-3-1-2-4-24(18)28-11-9-27(10-12-28)19-5-6-19/h1-4,7-8,15-16,19H,5-6,9-14,17H2. The van der Waals surface area contributed by atoms with Crippen LogP contribution in [0.15, 0.2) is 47.4 Å². The van der Waals surface area contributed by atoms with Crippen molar-refractivity contribution in [1.82, 2.24) is 4.90 Å². The molecule has 1 aliphatic carbocycles. The molecule has 0 spiro atoms. The normalized spacial score (nSPS) is 22.0. The van der Waals surface area contributed by atoms with Gasteiger partial charge in [-0.1, -0.05) is 41.4 Å². The highest BCUT2D eigenvalue weighted by molar-refractivity contribution is 8.03. The second-order valence-electron chi connectivity index (χ2n) is 8.29. The molecule has 0 radical (unpaired) electrons. The van der Waals surface area contributed by atoms with Crippen molar-refractivity contribution in [2.24, 2.45) is 0 Å². The van der Waals surface area contributed by atoms with Crippen LogP contribution in [0, 0.1) is 0 Å². The van der Waals surface area contributed by atoms with E-state index in [1.807, 2.05) is 23.9 Å². The molecular formula is C24H27Cl2N3S. The highest BCUT2D eigenvalue weighted by Crippen LogP contribution is 2.34. The molecule has 1 saturated carbocycles. The van der Waals surface area contributed by atoms with Gasteiger partial charge in [0.05, 0.1) is 10.0 Å². The quantitative estimate of drug-likeness (QED) is 0.564. The van der Waals surface area contributed by atoms with Crippen LogP contribution in [-0.4, -0.2) is 56.0 Å². The fraction of sp³-hybridized carbons (Fsp3) is 0.417. The number of halogens is 2. The molecule has 0 unspecified atom stereocenters. The molecule has 5 rings (SSSR count). The van der Waals surface area contributed by atoms with Crippen molar-refractivity contribution >= 4 is 52.4 Å².